The molecule has 0 bridgehead atoms. The summed E-state index contributed by atoms with van der Waals surface area (Å²) in [5.41, 5.74) is 1.46. The van der Waals surface area contributed by atoms with Gasteiger partial charge >= 0.3 is 0 Å². The Morgan fingerprint density at radius 2 is 1.80 bits per heavy atom. The van der Waals surface area contributed by atoms with Gasteiger partial charge in [0.25, 0.3) is 5.91 Å². The van der Waals surface area contributed by atoms with Crippen molar-refractivity contribution in [3.8, 4) is 5.75 Å². The van der Waals surface area contributed by atoms with E-state index in [0.29, 0.717) is 49.1 Å². The Kier molecular flexibility index (Phi) is 5.52. The first kappa shape index (κ1) is 18.1. The number of rotatable bonds is 4. The van der Waals surface area contributed by atoms with Crippen molar-refractivity contribution in [1.29, 1.82) is 0 Å². The number of piperazine rings is 1. The lowest BCUT2D eigenvalue weighted by atomic mass is 9.84. The largest absolute Gasteiger partial charge is 0.492 e. The highest BCUT2D eigenvalue weighted by Gasteiger charge is 2.32. The van der Waals surface area contributed by atoms with Crippen LogP contribution in [0.2, 0.25) is 5.02 Å². The number of carbonyl (C=O) groups excluding carboxylic acids is 2. The first-order valence-corrected chi connectivity index (χ1v) is 9.40. The lowest BCUT2D eigenvalue weighted by molar-refractivity contribution is -0.139. The molecule has 6 heteroatoms. The highest BCUT2D eigenvalue weighted by Crippen LogP contribution is 2.30. The summed E-state index contributed by atoms with van der Waals surface area (Å²) in [4.78, 5) is 28.9. The molecule has 0 N–H and O–H groups in total. The van der Waals surface area contributed by atoms with Crippen LogP contribution in [0.1, 0.15) is 42.1 Å². The molecule has 0 atom stereocenters. The van der Waals surface area contributed by atoms with Crippen LogP contribution in [0, 0.1) is 12.8 Å². The maximum atomic E-state index is 12.8. The number of aryl methyl sites for hydroxylation is 1. The van der Waals surface area contributed by atoms with Gasteiger partial charge in [-0.2, -0.15) is 0 Å². The number of hydrogen-bond donors (Lipinski definition) is 0. The number of hydrogen-bond acceptors (Lipinski definition) is 3. The maximum absolute atomic E-state index is 12.8. The third-order valence-corrected chi connectivity index (χ3v) is 5.44. The molecule has 1 aromatic rings. The van der Waals surface area contributed by atoms with E-state index < -0.39 is 0 Å². The molecule has 2 aliphatic rings. The minimum absolute atomic E-state index is 0.0295. The Labute approximate surface area is 153 Å². The fourth-order valence-corrected chi connectivity index (χ4v) is 3.58. The zero-order chi connectivity index (χ0) is 18.0. The van der Waals surface area contributed by atoms with E-state index in [1.807, 2.05) is 29.7 Å². The predicted molar refractivity (Wildman–Crippen MR) is 97.2 cm³/mol. The zero-order valence-corrected chi connectivity index (χ0v) is 15.6. The summed E-state index contributed by atoms with van der Waals surface area (Å²) >= 11 is 6.24. The van der Waals surface area contributed by atoms with E-state index in [1.54, 1.807) is 6.07 Å². The van der Waals surface area contributed by atoms with Gasteiger partial charge in [0.2, 0.25) is 5.91 Å². The van der Waals surface area contributed by atoms with Crippen LogP contribution in [-0.2, 0) is 4.79 Å². The molecule has 136 valence electrons. The van der Waals surface area contributed by atoms with Crippen molar-refractivity contribution in [3.05, 3.63) is 28.3 Å². The van der Waals surface area contributed by atoms with Crippen molar-refractivity contribution in [3.63, 3.8) is 0 Å². The van der Waals surface area contributed by atoms with Gasteiger partial charge in [0.1, 0.15) is 5.75 Å². The summed E-state index contributed by atoms with van der Waals surface area (Å²) in [6.45, 7) is 6.69. The Morgan fingerprint density at radius 1 is 1.16 bits per heavy atom. The van der Waals surface area contributed by atoms with Gasteiger partial charge in [-0.15, -0.1) is 0 Å². The van der Waals surface area contributed by atoms with Crippen molar-refractivity contribution < 1.29 is 14.3 Å². The molecule has 2 amide bonds. The van der Waals surface area contributed by atoms with Gasteiger partial charge in [0.15, 0.2) is 0 Å². The predicted octanol–water partition coefficient (Wildman–Crippen LogP) is 3.13. The second kappa shape index (κ2) is 7.65. The Morgan fingerprint density at radius 3 is 2.36 bits per heavy atom. The van der Waals surface area contributed by atoms with Gasteiger partial charge in [0, 0.05) is 37.7 Å². The number of nitrogens with zero attached hydrogens (tertiary/aromatic N) is 2. The zero-order valence-electron chi connectivity index (χ0n) is 14.9. The van der Waals surface area contributed by atoms with Gasteiger partial charge in [0.05, 0.1) is 11.6 Å². The van der Waals surface area contributed by atoms with E-state index in [1.165, 1.54) is 0 Å². The lowest BCUT2D eigenvalue weighted by Gasteiger charge is -2.38. The first-order valence-electron chi connectivity index (χ1n) is 9.02. The molecule has 5 nitrogen and oxygen atoms in total. The van der Waals surface area contributed by atoms with Gasteiger partial charge in [-0.25, -0.2) is 0 Å². The molecule has 0 aromatic heterocycles. The second-order valence-corrected chi connectivity index (χ2v) is 7.18. The molecule has 0 unspecified atom stereocenters. The summed E-state index contributed by atoms with van der Waals surface area (Å²) in [7, 11) is 0. The molecule has 1 saturated carbocycles. The van der Waals surface area contributed by atoms with Crippen LogP contribution < -0.4 is 4.74 Å². The van der Waals surface area contributed by atoms with Crippen molar-refractivity contribution in [2.24, 2.45) is 5.92 Å². The molecule has 1 saturated heterocycles. The van der Waals surface area contributed by atoms with E-state index >= 15 is 0 Å². The molecule has 1 aliphatic heterocycles. The number of carbonyl (C=O) groups is 2. The maximum Gasteiger partial charge on any atom is 0.254 e. The SMILES string of the molecule is CCOc1cc(C)c(C(=O)N2CCN(C(=O)C3CCC3)CC2)cc1Cl. The molecule has 1 heterocycles. The average molecular weight is 365 g/mol. The fraction of sp³-hybridized carbons (Fsp3) is 0.579. The van der Waals surface area contributed by atoms with Crippen LogP contribution in [0.15, 0.2) is 12.1 Å². The molecular weight excluding hydrogens is 340 g/mol. The van der Waals surface area contributed by atoms with E-state index in [2.05, 4.69) is 0 Å². The monoisotopic (exact) mass is 364 g/mol. The molecule has 0 spiro atoms. The third kappa shape index (κ3) is 3.76. The van der Waals surface area contributed by atoms with Gasteiger partial charge < -0.3 is 14.5 Å². The minimum atomic E-state index is -0.0295. The summed E-state index contributed by atoms with van der Waals surface area (Å²) in [6, 6.07) is 3.51. The third-order valence-electron chi connectivity index (χ3n) is 5.14. The lowest BCUT2D eigenvalue weighted by Crippen LogP contribution is -2.52. The van der Waals surface area contributed by atoms with E-state index in [9.17, 15) is 9.59 Å². The van der Waals surface area contributed by atoms with Crippen molar-refractivity contribution >= 4 is 23.4 Å². The van der Waals surface area contributed by atoms with Crippen LogP contribution in [0.4, 0.5) is 0 Å². The van der Waals surface area contributed by atoms with Gasteiger partial charge in [-0.3, -0.25) is 9.59 Å². The van der Waals surface area contributed by atoms with Crippen molar-refractivity contribution in [2.75, 3.05) is 32.8 Å². The minimum Gasteiger partial charge on any atom is -0.492 e. The molecular formula is C19H25ClN2O3. The topological polar surface area (TPSA) is 49.9 Å². The van der Waals surface area contributed by atoms with Crippen LogP contribution in [-0.4, -0.2) is 54.4 Å². The van der Waals surface area contributed by atoms with Crippen LogP contribution in [0.5, 0.6) is 5.75 Å². The fourth-order valence-electron chi connectivity index (χ4n) is 3.37. The van der Waals surface area contributed by atoms with Crippen LogP contribution >= 0.6 is 11.6 Å². The van der Waals surface area contributed by atoms with Crippen LogP contribution in [0.3, 0.4) is 0 Å². The molecule has 1 aromatic carbocycles. The van der Waals surface area contributed by atoms with E-state index in [4.69, 9.17) is 16.3 Å². The molecule has 1 aliphatic carbocycles. The Hall–Kier alpha value is -1.75. The summed E-state index contributed by atoms with van der Waals surface area (Å²) < 4.78 is 5.48. The van der Waals surface area contributed by atoms with E-state index in [0.717, 1.165) is 24.8 Å². The highest BCUT2D eigenvalue weighted by molar-refractivity contribution is 6.32. The quantitative estimate of drug-likeness (QED) is 0.824. The van der Waals surface area contributed by atoms with E-state index in [-0.39, 0.29) is 17.7 Å². The summed E-state index contributed by atoms with van der Waals surface area (Å²) in [5, 5.41) is 0.453. The smallest absolute Gasteiger partial charge is 0.254 e. The number of ether oxygens (including phenoxy) is 1. The molecule has 25 heavy (non-hydrogen) atoms. The highest BCUT2D eigenvalue weighted by atomic mass is 35.5. The van der Waals surface area contributed by atoms with Crippen molar-refractivity contribution in [1.82, 2.24) is 9.80 Å². The van der Waals surface area contributed by atoms with Crippen LogP contribution in [0.25, 0.3) is 0 Å². The first-order chi connectivity index (χ1) is 12.0. The normalized spacial score (nSPS) is 18.0. The average Bonchev–Trinajstić information content (AvgIpc) is 2.56. The number of benzene rings is 1. The second-order valence-electron chi connectivity index (χ2n) is 6.78. The molecule has 0 radical (unpaired) electrons. The number of amides is 2. The Bertz CT molecular complexity index is 665. The summed E-state index contributed by atoms with van der Waals surface area (Å²) in [5.74, 6) is 1.06. The Balaban J connectivity index is 1.64. The number of halogens is 1. The van der Waals surface area contributed by atoms with Gasteiger partial charge in [-0.05, 0) is 44.4 Å². The molecule has 3 rings (SSSR count). The van der Waals surface area contributed by atoms with Crippen molar-refractivity contribution in [2.45, 2.75) is 33.1 Å². The van der Waals surface area contributed by atoms with Gasteiger partial charge in [-0.1, -0.05) is 18.0 Å². The standard InChI is InChI=1S/C19H25ClN2O3/c1-3-25-17-11-13(2)15(12-16(17)20)19(24)22-9-7-21(8-10-22)18(23)14-5-4-6-14/h11-12,14H,3-10H2,1-2H3. The molecule has 2 fully saturated rings. The summed E-state index contributed by atoms with van der Waals surface area (Å²) in [6.07, 6.45) is 3.19.